The van der Waals surface area contributed by atoms with Gasteiger partial charge in [0, 0.05) is 31.5 Å². The van der Waals surface area contributed by atoms with Crippen molar-refractivity contribution in [2.45, 2.75) is 44.7 Å². The van der Waals surface area contributed by atoms with Crippen molar-refractivity contribution in [1.29, 1.82) is 0 Å². The molecule has 2 rings (SSSR count). The minimum absolute atomic E-state index is 0.235. The summed E-state index contributed by atoms with van der Waals surface area (Å²) in [7, 11) is 0. The number of carboxylic acid groups (broad SMARTS) is 1. The molecule has 5 heteroatoms. The summed E-state index contributed by atoms with van der Waals surface area (Å²) in [4.78, 5) is 17.2. The van der Waals surface area contributed by atoms with E-state index < -0.39 is 5.97 Å². The number of nitrogens with zero attached hydrogens (tertiary/aromatic N) is 3. The predicted octanol–water partition coefficient (Wildman–Crippen LogP) is 1.60. The van der Waals surface area contributed by atoms with Gasteiger partial charge in [0.2, 0.25) is 0 Å². The van der Waals surface area contributed by atoms with Crippen LogP contribution in [0.4, 0.5) is 0 Å². The number of aryl methyl sites for hydroxylation is 1. The Morgan fingerprint density at radius 1 is 1.39 bits per heavy atom. The molecule has 18 heavy (non-hydrogen) atoms. The monoisotopic (exact) mass is 251 g/mol. The molecule has 0 aliphatic carbocycles. The molecule has 2 heterocycles. The van der Waals surface area contributed by atoms with Gasteiger partial charge in [-0.25, -0.2) is 4.98 Å². The number of hydrogen-bond acceptors (Lipinski definition) is 3. The third-order valence-corrected chi connectivity index (χ3v) is 3.58. The van der Waals surface area contributed by atoms with Gasteiger partial charge in [-0.15, -0.1) is 0 Å². The molecule has 1 aliphatic rings. The Morgan fingerprint density at radius 3 is 3.00 bits per heavy atom. The quantitative estimate of drug-likeness (QED) is 0.834. The normalized spacial score (nSPS) is 21.0. The Hall–Kier alpha value is -1.36. The Balaban J connectivity index is 1.76. The maximum atomic E-state index is 10.8. The molecule has 0 aromatic carbocycles. The van der Waals surface area contributed by atoms with Crippen LogP contribution < -0.4 is 0 Å². The van der Waals surface area contributed by atoms with Crippen molar-refractivity contribution in [3.8, 4) is 0 Å². The number of rotatable bonds is 6. The fourth-order valence-electron chi connectivity index (χ4n) is 2.66. The Bertz CT molecular complexity index is 364. The second-order valence-electron chi connectivity index (χ2n) is 4.94. The summed E-state index contributed by atoms with van der Waals surface area (Å²) in [6.07, 6.45) is 10.3. The number of carbonyl (C=O) groups is 1. The highest BCUT2D eigenvalue weighted by Crippen LogP contribution is 2.19. The molecule has 1 aromatic heterocycles. The molecule has 100 valence electrons. The molecule has 0 amide bonds. The number of piperidine rings is 1. The van der Waals surface area contributed by atoms with Crippen LogP contribution in [0.3, 0.4) is 0 Å². The van der Waals surface area contributed by atoms with Gasteiger partial charge in [0.15, 0.2) is 0 Å². The molecular formula is C13H21N3O2. The molecule has 0 radical (unpaired) electrons. The van der Waals surface area contributed by atoms with Crippen molar-refractivity contribution in [2.24, 2.45) is 0 Å². The van der Waals surface area contributed by atoms with Crippen LogP contribution >= 0.6 is 0 Å². The van der Waals surface area contributed by atoms with E-state index in [1.807, 2.05) is 12.5 Å². The van der Waals surface area contributed by atoms with Gasteiger partial charge in [0.25, 0.3) is 0 Å². The summed E-state index contributed by atoms with van der Waals surface area (Å²) in [5.74, 6) is -0.679. The van der Waals surface area contributed by atoms with Crippen LogP contribution in [0.1, 0.15) is 32.1 Å². The van der Waals surface area contributed by atoms with Crippen molar-refractivity contribution in [3.05, 3.63) is 18.7 Å². The summed E-state index contributed by atoms with van der Waals surface area (Å²) in [6, 6.07) is 0.235. The fourth-order valence-corrected chi connectivity index (χ4v) is 2.66. The molecule has 0 bridgehead atoms. The number of likely N-dealkylation sites (tertiary alicyclic amines) is 1. The van der Waals surface area contributed by atoms with Gasteiger partial charge in [-0.1, -0.05) is 6.42 Å². The molecule has 1 fully saturated rings. The number of aliphatic carboxylic acids is 1. The van der Waals surface area contributed by atoms with Gasteiger partial charge in [0.05, 0.1) is 12.7 Å². The zero-order valence-corrected chi connectivity index (χ0v) is 10.7. The number of aromatic nitrogens is 2. The third-order valence-electron chi connectivity index (χ3n) is 3.58. The SMILES string of the molecule is O=C(O)CC1CCCCN1CCCn1ccnc1. The zero-order chi connectivity index (χ0) is 12.8. The summed E-state index contributed by atoms with van der Waals surface area (Å²) in [5.41, 5.74) is 0. The van der Waals surface area contributed by atoms with E-state index in [9.17, 15) is 4.79 Å². The second-order valence-corrected chi connectivity index (χ2v) is 4.94. The van der Waals surface area contributed by atoms with Crippen molar-refractivity contribution in [2.75, 3.05) is 13.1 Å². The predicted molar refractivity (Wildman–Crippen MR) is 68.3 cm³/mol. The first-order valence-corrected chi connectivity index (χ1v) is 6.67. The number of imidazole rings is 1. The van der Waals surface area contributed by atoms with Gasteiger partial charge >= 0.3 is 5.97 Å². The van der Waals surface area contributed by atoms with Crippen molar-refractivity contribution in [3.63, 3.8) is 0 Å². The maximum absolute atomic E-state index is 10.8. The fraction of sp³-hybridized carbons (Fsp3) is 0.692. The first kappa shape index (κ1) is 13.1. The summed E-state index contributed by atoms with van der Waals surface area (Å²) < 4.78 is 2.07. The maximum Gasteiger partial charge on any atom is 0.304 e. The Kier molecular flexibility index (Phi) is 4.75. The van der Waals surface area contributed by atoms with Crippen LogP contribution in [0.25, 0.3) is 0 Å². The van der Waals surface area contributed by atoms with Crippen LogP contribution in [0, 0.1) is 0 Å². The molecule has 1 aromatic rings. The van der Waals surface area contributed by atoms with E-state index in [-0.39, 0.29) is 12.5 Å². The lowest BCUT2D eigenvalue weighted by molar-refractivity contribution is -0.138. The van der Waals surface area contributed by atoms with Gasteiger partial charge in [-0.3, -0.25) is 9.69 Å². The van der Waals surface area contributed by atoms with E-state index in [0.717, 1.165) is 38.9 Å². The summed E-state index contributed by atoms with van der Waals surface area (Å²) in [5, 5.41) is 8.92. The summed E-state index contributed by atoms with van der Waals surface area (Å²) in [6.45, 7) is 2.98. The van der Waals surface area contributed by atoms with Gasteiger partial charge in [-0.05, 0) is 25.8 Å². The smallest absolute Gasteiger partial charge is 0.304 e. The second kappa shape index (κ2) is 6.54. The molecular weight excluding hydrogens is 230 g/mol. The van der Waals surface area contributed by atoms with Crippen LogP contribution in [-0.4, -0.2) is 44.7 Å². The third kappa shape index (κ3) is 3.84. The average Bonchev–Trinajstić information content (AvgIpc) is 2.84. The average molecular weight is 251 g/mol. The van der Waals surface area contributed by atoms with E-state index >= 15 is 0 Å². The highest BCUT2D eigenvalue weighted by atomic mass is 16.4. The van der Waals surface area contributed by atoms with Crippen LogP contribution in [-0.2, 0) is 11.3 Å². The lowest BCUT2D eigenvalue weighted by Gasteiger charge is -2.34. The van der Waals surface area contributed by atoms with Crippen molar-refractivity contribution >= 4 is 5.97 Å². The van der Waals surface area contributed by atoms with Crippen LogP contribution in [0.2, 0.25) is 0 Å². The minimum Gasteiger partial charge on any atom is -0.481 e. The highest BCUT2D eigenvalue weighted by molar-refractivity contribution is 5.67. The zero-order valence-electron chi connectivity index (χ0n) is 10.7. The topological polar surface area (TPSA) is 58.4 Å². The molecule has 1 aliphatic heterocycles. The van der Waals surface area contributed by atoms with E-state index in [0.29, 0.717) is 0 Å². The standard InChI is InChI=1S/C13H21N3O2/c17-13(18)10-12-4-1-2-7-16(12)8-3-6-15-9-5-14-11-15/h5,9,11-12H,1-4,6-8,10H2,(H,17,18). The number of carboxylic acids is 1. The largest absolute Gasteiger partial charge is 0.481 e. The van der Waals surface area contributed by atoms with E-state index in [1.165, 1.54) is 6.42 Å². The van der Waals surface area contributed by atoms with E-state index in [2.05, 4.69) is 14.5 Å². The van der Waals surface area contributed by atoms with Gasteiger partial charge in [-0.2, -0.15) is 0 Å². The number of hydrogen-bond donors (Lipinski definition) is 1. The molecule has 0 saturated carbocycles. The van der Waals surface area contributed by atoms with Gasteiger partial charge < -0.3 is 9.67 Å². The molecule has 1 atom stereocenters. The van der Waals surface area contributed by atoms with E-state index in [1.54, 1.807) is 6.20 Å². The Labute approximate surface area is 107 Å². The lowest BCUT2D eigenvalue weighted by atomic mass is 9.99. The molecule has 5 nitrogen and oxygen atoms in total. The molecule has 0 spiro atoms. The minimum atomic E-state index is -0.679. The van der Waals surface area contributed by atoms with Crippen LogP contribution in [0.15, 0.2) is 18.7 Å². The summed E-state index contributed by atoms with van der Waals surface area (Å²) >= 11 is 0. The van der Waals surface area contributed by atoms with Gasteiger partial charge in [0.1, 0.15) is 0 Å². The van der Waals surface area contributed by atoms with Crippen LogP contribution in [0.5, 0.6) is 0 Å². The van der Waals surface area contributed by atoms with Crippen molar-refractivity contribution in [1.82, 2.24) is 14.5 Å². The van der Waals surface area contributed by atoms with E-state index in [4.69, 9.17) is 5.11 Å². The highest BCUT2D eigenvalue weighted by Gasteiger charge is 2.23. The molecule has 1 N–H and O–H groups in total. The molecule has 1 unspecified atom stereocenters. The first-order chi connectivity index (χ1) is 8.75. The first-order valence-electron chi connectivity index (χ1n) is 6.67. The Morgan fingerprint density at radius 2 is 2.28 bits per heavy atom. The van der Waals surface area contributed by atoms with Crippen molar-refractivity contribution < 1.29 is 9.90 Å². The lowest BCUT2D eigenvalue weighted by Crippen LogP contribution is -2.41. The molecule has 1 saturated heterocycles.